The van der Waals surface area contributed by atoms with Gasteiger partial charge in [0.2, 0.25) is 0 Å². The number of anilines is 5. The summed E-state index contributed by atoms with van der Waals surface area (Å²) in [7, 11) is 0. The van der Waals surface area contributed by atoms with Crippen molar-refractivity contribution in [2.24, 2.45) is 0 Å². The molecule has 0 unspecified atom stereocenters. The Labute approximate surface area is 395 Å². The summed E-state index contributed by atoms with van der Waals surface area (Å²) >= 11 is 0. The molecule has 0 aromatic heterocycles. The predicted molar refractivity (Wildman–Crippen MR) is 284 cm³/mol. The van der Waals surface area contributed by atoms with Crippen LogP contribution in [0.3, 0.4) is 0 Å². The lowest BCUT2D eigenvalue weighted by Crippen LogP contribution is -2.28. The molecule has 0 heterocycles. The summed E-state index contributed by atoms with van der Waals surface area (Å²) in [5.41, 5.74) is 24.2. The maximum absolute atomic E-state index is 2.50. The third kappa shape index (κ3) is 6.69. The SMILES string of the molecule is Cc1cccc(N(c2ccccc2)c2ccc(-c3ccc4c(c3)C(C)(C)c3ccc5c6c(ccc-4c36)-c3ccc(C4=CC=C(N(c6ccccc6)c6ccccc6)CC4)cc3C5(C)C)cc2)c1. The highest BCUT2D eigenvalue weighted by atomic mass is 15.2. The highest BCUT2D eigenvalue weighted by Crippen LogP contribution is 2.57. The van der Waals surface area contributed by atoms with Gasteiger partial charge < -0.3 is 9.80 Å². The normalized spacial score (nSPS) is 14.9. The smallest absolute Gasteiger partial charge is 0.0464 e. The maximum atomic E-state index is 2.50. The van der Waals surface area contributed by atoms with E-state index in [1.54, 1.807) is 0 Å². The molecule has 9 aromatic rings. The second-order valence-electron chi connectivity index (χ2n) is 19.8. The van der Waals surface area contributed by atoms with E-state index in [-0.39, 0.29) is 10.8 Å². The Morgan fingerprint density at radius 3 is 1.33 bits per heavy atom. The molecule has 0 fully saturated rings. The summed E-state index contributed by atoms with van der Waals surface area (Å²) in [6, 6.07) is 74.2. The lowest BCUT2D eigenvalue weighted by molar-refractivity contribution is 0.633. The monoisotopic (exact) mass is 862 g/mol. The molecule has 0 aliphatic heterocycles. The van der Waals surface area contributed by atoms with Crippen molar-refractivity contribution in [3.8, 4) is 33.4 Å². The van der Waals surface area contributed by atoms with E-state index in [9.17, 15) is 0 Å². The van der Waals surface area contributed by atoms with Gasteiger partial charge in [-0.25, -0.2) is 0 Å². The van der Waals surface area contributed by atoms with Crippen LogP contribution in [0.5, 0.6) is 0 Å². The van der Waals surface area contributed by atoms with E-state index < -0.39 is 0 Å². The molecule has 0 N–H and O–H groups in total. The minimum atomic E-state index is -0.199. The molecular formula is C65H54N2. The largest absolute Gasteiger partial charge is 0.314 e. The minimum Gasteiger partial charge on any atom is -0.314 e. The fourth-order valence-electron chi connectivity index (χ4n) is 11.5. The fraction of sp³-hybridized carbons (Fsp3) is 0.138. The summed E-state index contributed by atoms with van der Waals surface area (Å²) in [6.07, 6.45) is 6.66. The number of fused-ring (bicyclic) bond motifs is 4. The Balaban J connectivity index is 0.894. The third-order valence-electron chi connectivity index (χ3n) is 15.0. The first-order chi connectivity index (χ1) is 32.6. The molecule has 3 aliphatic rings. The number of para-hydroxylation sites is 3. The Morgan fingerprint density at radius 1 is 0.343 bits per heavy atom. The van der Waals surface area contributed by atoms with E-state index in [1.807, 2.05) is 0 Å². The van der Waals surface area contributed by atoms with Gasteiger partial charge in [-0.3, -0.25) is 0 Å². The van der Waals surface area contributed by atoms with E-state index in [2.05, 4.69) is 257 Å². The Bertz CT molecular complexity index is 3410. The molecule has 12 rings (SSSR count). The number of aryl methyl sites for hydroxylation is 1. The summed E-state index contributed by atoms with van der Waals surface area (Å²) in [4.78, 5) is 4.75. The number of benzene rings is 9. The topological polar surface area (TPSA) is 6.48 Å². The standard InChI is InChI=1S/C65H54N2/c1-43-16-15-23-53(40-43)67(50-21-13-8-14-22-50)52-32-26-45(27-33-52)47-29-35-55-57-37-36-56-54-34-28-46(41-60(54)64(2,3)58-38-39-59(63(57)62(56)58)65(4,5)61(55)42-47)44-24-30-51(31-25-44)66(48-17-9-6-10-18-48)49-19-11-7-12-20-49/h6-24,26-30,32-42H,25,31H2,1-5H3. The summed E-state index contributed by atoms with van der Waals surface area (Å²) in [5, 5.41) is 2.83. The molecular weight excluding hydrogens is 809 g/mol. The average molecular weight is 863 g/mol. The Hall–Kier alpha value is -7.68. The molecule has 324 valence electrons. The van der Waals surface area contributed by atoms with E-state index in [4.69, 9.17) is 0 Å². The highest BCUT2D eigenvalue weighted by molar-refractivity contribution is 6.13. The molecule has 0 saturated carbocycles. The second kappa shape index (κ2) is 15.7. The van der Waals surface area contributed by atoms with Gasteiger partial charge in [0.25, 0.3) is 0 Å². The lowest BCUT2D eigenvalue weighted by atomic mass is 9.62. The Morgan fingerprint density at radius 2 is 0.806 bits per heavy atom. The molecule has 2 nitrogen and oxygen atoms in total. The van der Waals surface area contributed by atoms with Crippen LogP contribution < -0.4 is 9.80 Å². The van der Waals surface area contributed by atoms with Gasteiger partial charge in [0.05, 0.1) is 0 Å². The maximum Gasteiger partial charge on any atom is 0.0464 e. The highest BCUT2D eigenvalue weighted by Gasteiger charge is 2.40. The molecule has 3 aliphatic carbocycles. The first-order valence-corrected chi connectivity index (χ1v) is 23.9. The zero-order valence-corrected chi connectivity index (χ0v) is 39.0. The minimum absolute atomic E-state index is 0.182. The quantitative estimate of drug-likeness (QED) is 0.150. The van der Waals surface area contributed by atoms with Crippen LogP contribution in [0.2, 0.25) is 0 Å². The Kier molecular flexibility index (Phi) is 9.59. The average Bonchev–Trinajstić information content (AvgIpc) is 3.36. The van der Waals surface area contributed by atoms with Crippen LogP contribution in [-0.2, 0) is 10.8 Å². The van der Waals surface area contributed by atoms with Crippen LogP contribution in [0.1, 0.15) is 73.9 Å². The van der Waals surface area contributed by atoms with Crippen LogP contribution in [0.4, 0.5) is 28.4 Å². The van der Waals surface area contributed by atoms with Crippen LogP contribution in [-0.4, -0.2) is 0 Å². The van der Waals surface area contributed by atoms with Gasteiger partial charge in [-0.1, -0.05) is 161 Å². The molecule has 0 bridgehead atoms. The van der Waals surface area contributed by atoms with E-state index in [0.29, 0.717) is 0 Å². The zero-order chi connectivity index (χ0) is 45.4. The molecule has 0 atom stereocenters. The number of hydrogen-bond donors (Lipinski definition) is 0. The summed E-state index contributed by atoms with van der Waals surface area (Å²) in [6.45, 7) is 11.9. The van der Waals surface area contributed by atoms with Crippen molar-refractivity contribution in [1.82, 2.24) is 0 Å². The molecule has 0 saturated heterocycles. The van der Waals surface area contributed by atoms with E-state index in [0.717, 1.165) is 29.9 Å². The predicted octanol–water partition coefficient (Wildman–Crippen LogP) is 17.8. The number of allylic oxidation sites excluding steroid dienone is 4. The van der Waals surface area contributed by atoms with Crippen LogP contribution in [0.15, 0.2) is 218 Å². The zero-order valence-electron chi connectivity index (χ0n) is 39.0. The first kappa shape index (κ1) is 40.8. The number of rotatable bonds is 8. The molecule has 0 radical (unpaired) electrons. The second-order valence-corrected chi connectivity index (χ2v) is 19.8. The molecule has 2 heteroatoms. The van der Waals surface area contributed by atoms with E-state index >= 15 is 0 Å². The first-order valence-electron chi connectivity index (χ1n) is 23.9. The fourth-order valence-corrected chi connectivity index (χ4v) is 11.5. The van der Waals surface area contributed by atoms with Crippen molar-refractivity contribution < 1.29 is 0 Å². The number of nitrogens with zero attached hydrogens (tertiary/aromatic N) is 2. The van der Waals surface area contributed by atoms with Crippen molar-refractivity contribution in [3.63, 3.8) is 0 Å². The number of hydrogen-bond acceptors (Lipinski definition) is 2. The van der Waals surface area contributed by atoms with Gasteiger partial charge in [-0.05, 0) is 182 Å². The van der Waals surface area contributed by atoms with Gasteiger partial charge in [0, 0.05) is 45.0 Å². The van der Waals surface area contributed by atoms with Crippen molar-refractivity contribution in [2.75, 3.05) is 9.80 Å². The molecule has 67 heavy (non-hydrogen) atoms. The van der Waals surface area contributed by atoms with Crippen LogP contribution >= 0.6 is 0 Å². The molecule has 0 spiro atoms. The lowest BCUT2D eigenvalue weighted by Gasteiger charge is -2.41. The van der Waals surface area contributed by atoms with Crippen molar-refractivity contribution in [2.45, 2.75) is 58.3 Å². The summed E-state index contributed by atoms with van der Waals surface area (Å²) < 4.78 is 0. The third-order valence-corrected chi connectivity index (χ3v) is 15.0. The van der Waals surface area contributed by atoms with Gasteiger partial charge in [-0.2, -0.15) is 0 Å². The van der Waals surface area contributed by atoms with Crippen LogP contribution in [0.25, 0.3) is 49.7 Å². The van der Waals surface area contributed by atoms with Crippen molar-refractivity contribution in [3.05, 3.63) is 251 Å². The molecule has 9 aromatic carbocycles. The van der Waals surface area contributed by atoms with Crippen LogP contribution in [0, 0.1) is 6.92 Å². The van der Waals surface area contributed by atoms with Gasteiger partial charge in [-0.15, -0.1) is 0 Å². The van der Waals surface area contributed by atoms with Crippen molar-refractivity contribution >= 4 is 44.8 Å². The van der Waals surface area contributed by atoms with Gasteiger partial charge in [0.15, 0.2) is 0 Å². The van der Waals surface area contributed by atoms with E-state index in [1.165, 1.54) is 100 Å². The van der Waals surface area contributed by atoms with Gasteiger partial charge >= 0.3 is 0 Å². The summed E-state index contributed by atoms with van der Waals surface area (Å²) in [5.74, 6) is 0. The van der Waals surface area contributed by atoms with Gasteiger partial charge in [0.1, 0.15) is 0 Å². The molecule has 0 amide bonds. The van der Waals surface area contributed by atoms with Crippen molar-refractivity contribution in [1.29, 1.82) is 0 Å².